The Bertz CT molecular complexity index is 423. The molecule has 1 saturated carbocycles. The highest BCUT2D eigenvalue weighted by molar-refractivity contribution is 5.87. The van der Waals surface area contributed by atoms with Gasteiger partial charge in [0.15, 0.2) is 0 Å². The Labute approximate surface area is 111 Å². The highest BCUT2D eigenvalue weighted by atomic mass is 16.4. The van der Waals surface area contributed by atoms with E-state index in [0.29, 0.717) is 32.4 Å². The zero-order valence-electron chi connectivity index (χ0n) is 11.1. The quantitative estimate of drug-likeness (QED) is 0.764. The van der Waals surface area contributed by atoms with Crippen LogP contribution in [0.2, 0.25) is 0 Å². The number of aliphatic carboxylic acids is 1. The lowest BCUT2D eigenvalue weighted by molar-refractivity contribution is -0.149. The predicted molar refractivity (Wildman–Crippen MR) is 67.0 cm³/mol. The number of hydrogen-bond donors (Lipinski definition) is 2. The predicted octanol–water partition coefficient (Wildman–Crippen LogP) is 0.211. The molecule has 3 unspecified atom stereocenters. The zero-order valence-corrected chi connectivity index (χ0v) is 11.1. The monoisotopic (exact) mass is 268 g/mol. The third-order valence-corrected chi connectivity index (χ3v) is 4.53. The maximum Gasteiger partial charge on any atom is 0.307 e. The van der Waals surface area contributed by atoms with Crippen molar-refractivity contribution in [2.45, 2.75) is 32.6 Å². The number of carboxylic acid groups (broad SMARTS) is 1. The van der Waals surface area contributed by atoms with Gasteiger partial charge in [-0.05, 0) is 26.2 Å². The molecule has 0 bridgehead atoms. The first-order chi connectivity index (χ1) is 8.85. The fourth-order valence-corrected chi connectivity index (χ4v) is 3.14. The van der Waals surface area contributed by atoms with Crippen molar-refractivity contribution in [2.75, 3.05) is 13.1 Å². The average molecular weight is 268 g/mol. The van der Waals surface area contributed by atoms with E-state index in [4.69, 9.17) is 10.8 Å². The average Bonchev–Trinajstić information content (AvgIpc) is 2.95. The normalized spacial score (nSPS) is 34.5. The Morgan fingerprint density at radius 1 is 1.26 bits per heavy atom. The molecule has 0 aromatic carbocycles. The van der Waals surface area contributed by atoms with Crippen LogP contribution in [0.25, 0.3) is 0 Å². The SMILES string of the molecule is CC1(C(N)=O)CCN(C(=O)C2CCCC2C(=O)O)C1. The second-order valence-corrected chi connectivity index (χ2v) is 5.92. The van der Waals surface area contributed by atoms with Crippen molar-refractivity contribution >= 4 is 17.8 Å². The summed E-state index contributed by atoms with van der Waals surface area (Å²) in [6.45, 7) is 2.55. The molecule has 1 heterocycles. The number of rotatable bonds is 3. The van der Waals surface area contributed by atoms with E-state index in [1.807, 2.05) is 0 Å². The van der Waals surface area contributed by atoms with Crippen LogP contribution >= 0.6 is 0 Å². The molecule has 106 valence electrons. The van der Waals surface area contributed by atoms with Gasteiger partial charge in [0.05, 0.1) is 17.3 Å². The molecule has 19 heavy (non-hydrogen) atoms. The zero-order chi connectivity index (χ0) is 14.2. The Kier molecular flexibility index (Phi) is 3.52. The van der Waals surface area contributed by atoms with Crippen molar-refractivity contribution < 1.29 is 19.5 Å². The molecule has 3 N–H and O–H groups in total. The van der Waals surface area contributed by atoms with Crippen molar-refractivity contribution in [1.82, 2.24) is 4.90 Å². The minimum absolute atomic E-state index is 0.130. The number of nitrogens with zero attached hydrogens (tertiary/aromatic N) is 1. The number of nitrogens with two attached hydrogens (primary N) is 1. The van der Waals surface area contributed by atoms with E-state index in [1.165, 1.54) is 0 Å². The summed E-state index contributed by atoms with van der Waals surface area (Å²) >= 11 is 0. The van der Waals surface area contributed by atoms with E-state index >= 15 is 0 Å². The number of amides is 2. The first-order valence-electron chi connectivity index (χ1n) is 6.67. The molecular weight excluding hydrogens is 248 g/mol. The number of carbonyl (C=O) groups is 3. The molecule has 0 aromatic heterocycles. The van der Waals surface area contributed by atoms with Crippen LogP contribution in [-0.2, 0) is 14.4 Å². The van der Waals surface area contributed by atoms with Crippen molar-refractivity contribution in [3.8, 4) is 0 Å². The smallest absolute Gasteiger partial charge is 0.307 e. The van der Waals surface area contributed by atoms with Gasteiger partial charge in [0, 0.05) is 13.1 Å². The van der Waals surface area contributed by atoms with Crippen molar-refractivity contribution in [3.63, 3.8) is 0 Å². The van der Waals surface area contributed by atoms with E-state index in [2.05, 4.69) is 0 Å². The molecular formula is C13H20N2O4. The second kappa shape index (κ2) is 4.83. The fourth-order valence-electron chi connectivity index (χ4n) is 3.14. The first-order valence-corrected chi connectivity index (χ1v) is 6.67. The summed E-state index contributed by atoms with van der Waals surface area (Å²) in [5.74, 6) is -2.44. The van der Waals surface area contributed by atoms with E-state index in [-0.39, 0.29) is 5.91 Å². The Morgan fingerprint density at radius 2 is 1.89 bits per heavy atom. The van der Waals surface area contributed by atoms with Gasteiger partial charge in [-0.25, -0.2) is 0 Å². The van der Waals surface area contributed by atoms with E-state index in [0.717, 1.165) is 6.42 Å². The lowest BCUT2D eigenvalue weighted by Crippen LogP contribution is -2.41. The summed E-state index contributed by atoms with van der Waals surface area (Å²) in [4.78, 5) is 36.5. The van der Waals surface area contributed by atoms with E-state index < -0.39 is 29.1 Å². The van der Waals surface area contributed by atoms with Crippen LogP contribution in [0.3, 0.4) is 0 Å². The fraction of sp³-hybridized carbons (Fsp3) is 0.769. The lowest BCUT2D eigenvalue weighted by Gasteiger charge is -2.25. The Morgan fingerprint density at radius 3 is 2.42 bits per heavy atom. The maximum absolute atomic E-state index is 12.4. The molecule has 1 aliphatic heterocycles. The highest BCUT2D eigenvalue weighted by Crippen LogP contribution is 2.36. The van der Waals surface area contributed by atoms with Crippen LogP contribution < -0.4 is 5.73 Å². The van der Waals surface area contributed by atoms with Crippen molar-refractivity contribution in [1.29, 1.82) is 0 Å². The molecule has 2 fully saturated rings. The third kappa shape index (κ3) is 2.43. The molecule has 1 aliphatic carbocycles. The summed E-state index contributed by atoms with van der Waals surface area (Å²) in [5.41, 5.74) is 4.68. The van der Waals surface area contributed by atoms with Gasteiger partial charge in [-0.1, -0.05) is 6.42 Å². The van der Waals surface area contributed by atoms with Gasteiger partial charge in [0.1, 0.15) is 0 Å². The molecule has 1 saturated heterocycles. The van der Waals surface area contributed by atoms with Crippen LogP contribution in [0.5, 0.6) is 0 Å². The van der Waals surface area contributed by atoms with Gasteiger partial charge < -0.3 is 15.7 Å². The largest absolute Gasteiger partial charge is 0.481 e. The summed E-state index contributed by atoms with van der Waals surface area (Å²) in [7, 11) is 0. The van der Waals surface area contributed by atoms with Gasteiger partial charge >= 0.3 is 5.97 Å². The molecule has 0 radical (unpaired) electrons. The highest BCUT2D eigenvalue weighted by Gasteiger charge is 2.45. The molecule has 0 aromatic rings. The van der Waals surface area contributed by atoms with Gasteiger partial charge in [-0.2, -0.15) is 0 Å². The molecule has 6 nitrogen and oxygen atoms in total. The van der Waals surface area contributed by atoms with Crippen LogP contribution in [-0.4, -0.2) is 40.9 Å². The van der Waals surface area contributed by atoms with E-state index in [1.54, 1.807) is 11.8 Å². The van der Waals surface area contributed by atoms with Gasteiger partial charge in [0.2, 0.25) is 11.8 Å². The standard InChI is InChI=1S/C13H20N2O4/c1-13(12(14)19)5-6-15(7-13)10(16)8-3-2-4-9(8)11(17)18/h8-9H,2-7H2,1H3,(H2,14,19)(H,17,18). The number of carboxylic acids is 1. The molecule has 2 rings (SSSR count). The lowest BCUT2D eigenvalue weighted by atomic mass is 9.89. The molecule has 2 aliphatic rings. The van der Waals surface area contributed by atoms with Crippen LogP contribution in [0, 0.1) is 17.3 Å². The van der Waals surface area contributed by atoms with Gasteiger partial charge in [-0.15, -0.1) is 0 Å². The topological polar surface area (TPSA) is 101 Å². The first kappa shape index (κ1) is 13.8. The summed E-state index contributed by atoms with van der Waals surface area (Å²) < 4.78 is 0. The van der Waals surface area contributed by atoms with Crippen molar-refractivity contribution in [3.05, 3.63) is 0 Å². The Hall–Kier alpha value is -1.59. The molecule has 3 atom stereocenters. The minimum atomic E-state index is -0.896. The van der Waals surface area contributed by atoms with Crippen LogP contribution in [0.15, 0.2) is 0 Å². The molecule has 2 amide bonds. The Balaban J connectivity index is 2.06. The summed E-state index contributed by atoms with van der Waals surface area (Å²) in [6, 6.07) is 0. The van der Waals surface area contributed by atoms with E-state index in [9.17, 15) is 14.4 Å². The third-order valence-electron chi connectivity index (χ3n) is 4.53. The van der Waals surface area contributed by atoms with Gasteiger partial charge in [0.25, 0.3) is 0 Å². The molecule has 0 spiro atoms. The summed E-state index contributed by atoms with van der Waals surface area (Å²) in [6.07, 6.45) is 2.51. The number of hydrogen-bond acceptors (Lipinski definition) is 3. The van der Waals surface area contributed by atoms with Crippen LogP contribution in [0.1, 0.15) is 32.6 Å². The van der Waals surface area contributed by atoms with Gasteiger partial charge in [-0.3, -0.25) is 14.4 Å². The minimum Gasteiger partial charge on any atom is -0.481 e. The number of likely N-dealkylation sites (tertiary alicyclic amines) is 1. The summed E-state index contributed by atoms with van der Waals surface area (Å²) in [5, 5.41) is 9.12. The van der Waals surface area contributed by atoms with Crippen molar-refractivity contribution in [2.24, 2.45) is 23.0 Å². The number of carbonyl (C=O) groups excluding carboxylic acids is 2. The number of primary amides is 1. The maximum atomic E-state index is 12.4. The second-order valence-electron chi connectivity index (χ2n) is 5.92. The van der Waals surface area contributed by atoms with Crippen LogP contribution in [0.4, 0.5) is 0 Å². The molecule has 6 heteroatoms.